The highest BCUT2D eigenvalue weighted by molar-refractivity contribution is 7.11. The molecule has 0 spiro atoms. The fraction of sp³-hybridized carbons (Fsp3) is 0.231. The van der Waals surface area contributed by atoms with Crippen LogP contribution < -0.4 is 9.47 Å². The number of rotatable bonds is 3. The van der Waals surface area contributed by atoms with E-state index >= 15 is 0 Å². The third-order valence-corrected chi connectivity index (χ3v) is 3.55. The van der Waals surface area contributed by atoms with Gasteiger partial charge in [0, 0.05) is 12.3 Å². The molecule has 18 heavy (non-hydrogen) atoms. The Kier molecular flexibility index (Phi) is 2.76. The molecule has 0 fully saturated rings. The number of aryl methyl sites for hydroxylation is 1. The van der Waals surface area contributed by atoms with Crippen LogP contribution >= 0.6 is 11.3 Å². The Labute approximate surface area is 108 Å². The Morgan fingerprint density at radius 2 is 2.39 bits per heavy atom. The summed E-state index contributed by atoms with van der Waals surface area (Å²) in [7, 11) is 0. The summed E-state index contributed by atoms with van der Waals surface area (Å²) in [5.74, 6) is 1.34. The Morgan fingerprint density at radius 3 is 3.17 bits per heavy atom. The molecule has 0 N–H and O–H groups in total. The molecule has 92 valence electrons. The predicted molar refractivity (Wildman–Crippen MR) is 67.5 cm³/mol. The van der Waals surface area contributed by atoms with Gasteiger partial charge < -0.3 is 9.47 Å². The summed E-state index contributed by atoms with van der Waals surface area (Å²) in [5.41, 5.74) is 0.635. The fourth-order valence-electron chi connectivity index (χ4n) is 1.79. The largest absolute Gasteiger partial charge is 0.488 e. The zero-order valence-electron chi connectivity index (χ0n) is 9.80. The summed E-state index contributed by atoms with van der Waals surface area (Å²) in [6, 6.07) is 5.30. The van der Waals surface area contributed by atoms with Crippen LogP contribution in [0.2, 0.25) is 0 Å². The minimum Gasteiger partial charge on any atom is -0.488 e. The van der Waals surface area contributed by atoms with Crippen LogP contribution in [0.25, 0.3) is 0 Å². The quantitative estimate of drug-likeness (QED) is 0.852. The molecule has 1 aliphatic heterocycles. The summed E-state index contributed by atoms with van der Waals surface area (Å²) in [6.45, 7) is 2.58. The van der Waals surface area contributed by atoms with Crippen LogP contribution in [0, 0.1) is 6.92 Å². The smallest absolute Gasteiger partial charge is 0.203 e. The number of Topliss-reactive ketones (excluding diaryl/α,β-unsaturated/α-hetero) is 1. The van der Waals surface area contributed by atoms with Gasteiger partial charge in [0.2, 0.25) is 5.78 Å². The lowest BCUT2D eigenvalue weighted by Crippen LogP contribution is -1.98. The van der Waals surface area contributed by atoms with Gasteiger partial charge in [0.15, 0.2) is 6.61 Å². The molecule has 5 heteroatoms. The van der Waals surface area contributed by atoms with Crippen molar-refractivity contribution in [3.05, 3.63) is 39.8 Å². The standard InChI is InChI=1S/C13H11NO3S/c1-8-14-5-10(18-8)6-16-9-2-3-11-12(15)7-17-13(11)4-9/h2-5H,6-7H2,1H3. The molecule has 1 aromatic heterocycles. The minimum atomic E-state index is 0.0228. The van der Waals surface area contributed by atoms with E-state index in [1.807, 2.05) is 13.1 Å². The summed E-state index contributed by atoms with van der Waals surface area (Å²) >= 11 is 1.61. The lowest BCUT2D eigenvalue weighted by atomic mass is 10.1. The zero-order chi connectivity index (χ0) is 12.5. The van der Waals surface area contributed by atoms with Gasteiger partial charge in [0.25, 0.3) is 0 Å². The first kappa shape index (κ1) is 11.2. The van der Waals surface area contributed by atoms with E-state index < -0.39 is 0 Å². The summed E-state index contributed by atoms with van der Waals surface area (Å²) in [5, 5.41) is 1.02. The Morgan fingerprint density at radius 1 is 1.50 bits per heavy atom. The van der Waals surface area contributed by atoms with Crippen molar-refractivity contribution in [3.8, 4) is 11.5 Å². The van der Waals surface area contributed by atoms with E-state index in [1.165, 1.54) is 0 Å². The summed E-state index contributed by atoms with van der Waals surface area (Å²) in [6.07, 6.45) is 1.81. The van der Waals surface area contributed by atoms with Gasteiger partial charge in [0.05, 0.1) is 15.4 Å². The first-order valence-electron chi connectivity index (χ1n) is 5.56. The number of nitrogens with zero attached hydrogens (tertiary/aromatic N) is 1. The number of hydrogen-bond donors (Lipinski definition) is 0. The predicted octanol–water partition coefficient (Wildman–Crippen LogP) is 2.61. The average molecular weight is 261 g/mol. The van der Waals surface area contributed by atoms with E-state index in [9.17, 15) is 4.79 Å². The van der Waals surface area contributed by atoms with Gasteiger partial charge in [-0.2, -0.15) is 0 Å². The molecule has 0 atom stereocenters. The van der Waals surface area contributed by atoms with Crippen molar-refractivity contribution >= 4 is 17.1 Å². The van der Waals surface area contributed by atoms with Crippen LogP contribution in [0.3, 0.4) is 0 Å². The molecule has 0 amide bonds. The normalized spacial score (nSPS) is 13.3. The Balaban J connectivity index is 1.72. The van der Waals surface area contributed by atoms with Crippen molar-refractivity contribution in [1.82, 2.24) is 4.98 Å². The first-order valence-corrected chi connectivity index (χ1v) is 6.38. The van der Waals surface area contributed by atoms with Gasteiger partial charge in [0.1, 0.15) is 18.1 Å². The number of benzene rings is 1. The maximum atomic E-state index is 11.4. The second-order valence-corrected chi connectivity index (χ2v) is 5.32. The maximum absolute atomic E-state index is 11.4. The molecule has 0 unspecified atom stereocenters. The molecule has 0 saturated heterocycles. The first-order chi connectivity index (χ1) is 8.72. The number of fused-ring (bicyclic) bond motifs is 1. The summed E-state index contributed by atoms with van der Waals surface area (Å²) < 4.78 is 10.9. The molecule has 4 nitrogen and oxygen atoms in total. The summed E-state index contributed by atoms with van der Waals surface area (Å²) in [4.78, 5) is 16.6. The SMILES string of the molecule is Cc1ncc(COc2ccc3c(c2)OCC3=O)s1. The zero-order valence-corrected chi connectivity index (χ0v) is 10.6. The highest BCUT2D eigenvalue weighted by Crippen LogP contribution is 2.30. The second-order valence-electron chi connectivity index (χ2n) is 4.00. The molecule has 1 aliphatic rings. The molecule has 0 bridgehead atoms. The molecule has 0 saturated carbocycles. The Bertz CT molecular complexity index is 606. The highest BCUT2D eigenvalue weighted by atomic mass is 32.1. The number of ketones is 1. The van der Waals surface area contributed by atoms with Crippen molar-refractivity contribution in [2.24, 2.45) is 0 Å². The van der Waals surface area contributed by atoms with Crippen molar-refractivity contribution in [3.63, 3.8) is 0 Å². The van der Waals surface area contributed by atoms with Crippen LogP contribution in [0.15, 0.2) is 24.4 Å². The molecule has 0 radical (unpaired) electrons. The van der Waals surface area contributed by atoms with Crippen LogP contribution in [0.1, 0.15) is 20.2 Å². The fourth-order valence-corrected chi connectivity index (χ4v) is 2.50. The van der Waals surface area contributed by atoms with Crippen LogP contribution in [0.5, 0.6) is 11.5 Å². The molecule has 2 heterocycles. The van der Waals surface area contributed by atoms with Crippen molar-refractivity contribution in [2.75, 3.05) is 6.61 Å². The number of carbonyl (C=O) groups is 1. The van der Waals surface area contributed by atoms with E-state index in [0.717, 1.165) is 9.88 Å². The second kappa shape index (κ2) is 4.42. The highest BCUT2D eigenvalue weighted by Gasteiger charge is 2.21. The van der Waals surface area contributed by atoms with Gasteiger partial charge in [-0.15, -0.1) is 11.3 Å². The third-order valence-electron chi connectivity index (χ3n) is 2.66. The monoisotopic (exact) mass is 261 g/mol. The van der Waals surface area contributed by atoms with E-state index in [2.05, 4.69) is 4.98 Å². The number of carbonyl (C=O) groups excluding carboxylic acids is 1. The van der Waals surface area contributed by atoms with Crippen molar-refractivity contribution in [2.45, 2.75) is 13.5 Å². The topological polar surface area (TPSA) is 48.4 Å². The van der Waals surface area contributed by atoms with Gasteiger partial charge in [-0.1, -0.05) is 0 Å². The van der Waals surface area contributed by atoms with Crippen LogP contribution in [-0.4, -0.2) is 17.4 Å². The lowest BCUT2D eigenvalue weighted by molar-refractivity contribution is 0.0961. The number of ether oxygens (including phenoxy) is 2. The third kappa shape index (κ3) is 2.09. The van der Waals surface area contributed by atoms with Gasteiger partial charge in [-0.3, -0.25) is 4.79 Å². The molecule has 2 aromatic rings. The van der Waals surface area contributed by atoms with Gasteiger partial charge in [-0.05, 0) is 19.1 Å². The van der Waals surface area contributed by atoms with E-state index in [0.29, 0.717) is 23.7 Å². The van der Waals surface area contributed by atoms with Crippen molar-refractivity contribution < 1.29 is 14.3 Å². The van der Waals surface area contributed by atoms with Gasteiger partial charge >= 0.3 is 0 Å². The number of thiazole rings is 1. The van der Waals surface area contributed by atoms with E-state index in [-0.39, 0.29) is 12.4 Å². The van der Waals surface area contributed by atoms with Crippen LogP contribution in [0.4, 0.5) is 0 Å². The molecule has 0 aliphatic carbocycles. The van der Waals surface area contributed by atoms with E-state index in [4.69, 9.17) is 9.47 Å². The van der Waals surface area contributed by atoms with Crippen molar-refractivity contribution in [1.29, 1.82) is 0 Å². The van der Waals surface area contributed by atoms with Gasteiger partial charge in [-0.25, -0.2) is 4.98 Å². The van der Waals surface area contributed by atoms with Crippen LogP contribution in [-0.2, 0) is 6.61 Å². The maximum Gasteiger partial charge on any atom is 0.203 e. The lowest BCUT2D eigenvalue weighted by Gasteiger charge is -2.05. The average Bonchev–Trinajstić information content (AvgIpc) is 2.94. The molecule has 3 rings (SSSR count). The number of aromatic nitrogens is 1. The molecular formula is C13H11NO3S. The number of hydrogen-bond acceptors (Lipinski definition) is 5. The molecular weight excluding hydrogens is 250 g/mol. The Hall–Kier alpha value is -1.88. The minimum absolute atomic E-state index is 0.0228. The molecule has 1 aromatic carbocycles. The van der Waals surface area contributed by atoms with E-state index in [1.54, 1.807) is 29.5 Å².